The molecule has 2 heterocycles. The fourth-order valence-corrected chi connectivity index (χ4v) is 3.82. The number of carbonyl (C=O) groups excluding carboxylic acids is 1. The Morgan fingerprint density at radius 1 is 1.09 bits per heavy atom. The fourth-order valence-electron chi connectivity index (χ4n) is 3.82. The number of rotatable bonds is 3. The number of carbonyl (C=O) groups is 1. The minimum atomic E-state index is 0.145. The summed E-state index contributed by atoms with van der Waals surface area (Å²) in [6.45, 7) is 8.12. The van der Waals surface area contributed by atoms with E-state index in [0.29, 0.717) is 12.5 Å². The number of piperidine rings is 1. The summed E-state index contributed by atoms with van der Waals surface area (Å²) in [7, 11) is 0. The van der Waals surface area contributed by atoms with Gasteiger partial charge in [0.15, 0.2) is 0 Å². The maximum absolute atomic E-state index is 12.5. The van der Waals surface area contributed by atoms with Gasteiger partial charge in [0.25, 0.3) is 0 Å². The van der Waals surface area contributed by atoms with Crippen LogP contribution in [0.2, 0.25) is 0 Å². The summed E-state index contributed by atoms with van der Waals surface area (Å²) >= 11 is 0. The number of benzene rings is 1. The van der Waals surface area contributed by atoms with Gasteiger partial charge in [0.2, 0.25) is 5.91 Å². The Bertz CT molecular complexity index is 501. The summed E-state index contributed by atoms with van der Waals surface area (Å²) in [6, 6.07) is 10.8. The fraction of sp³-hybridized carbons (Fsp3) is 0.632. The monoisotopic (exact) mass is 316 g/mol. The van der Waals surface area contributed by atoms with Gasteiger partial charge in [-0.25, -0.2) is 0 Å². The van der Waals surface area contributed by atoms with Crippen LogP contribution in [0.1, 0.15) is 38.2 Å². The van der Waals surface area contributed by atoms with Crippen molar-refractivity contribution in [3.63, 3.8) is 0 Å². The molecule has 1 aromatic carbocycles. The lowest BCUT2D eigenvalue weighted by molar-refractivity contribution is -0.144. The van der Waals surface area contributed by atoms with E-state index in [1.807, 2.05) is 18.7 Å². The summed E-state index contributed by atoms with van der Waals surface area (Å²) < 4.78 is 5.71. The van der Waals surface area contributed by atoms with Gasteiger partial charge in [-0.3, -0.25) is 9.69 Å². The minimum absolute atomic E-state index is 0.145. The van der Waals surface area contributed by atoms with Crippen LogP contribution < -0.4 is 0 Å². The number of likely N-dealkylation sites (tertiary alicyclic amines) is 1. The van der Waals surface area contributed by atoms with Crippen molar-refractivity contribution in [3.05, 3.63) is 35.9 Å². The topological polar surface area (TPSA) is 32.8 Å². The van der Waals surface area contributed by atoms with Gasteiger partial charge in [-0.1, -0.05) is 30.3 Å². The average molecular weight is 316 g/mol. The highest BCUT2D eigenvalue weighted by atomic mass is 16.5. The van der Waals surface area contributed by atoms with Crippen molar-refractivity contribution in [2.75, 3.05) is 32.7 Å². The first kappa shape index (κ1) is 16.5. The predicted octanol–water partition coefficient (Wildman–Crippen LogP) is 2.50. The molecule has 0 aliphatic carbocycles. The van der Waals surface area contributed by atoms with Crippen molar-refractivity contribution in [2.45, 2.75) is 44.8 Å². The second-order valence-corrected chi connectivity index (χ2v) is 7.02. The number of nitrogens with zero attached hydrogens (tertiary/aromatic N) is 2. The number of amides is 1. The van der Waals surface area contributed by atoms with Crippen LogP contribution in [-0.2, 0) is 9.53 Å². The summed E-state index contributed by atoms with van der Waals surface area (Å²) in [5.41, 5.74) is 1.44. The molecule has 2 fully saturated rings. The first-order valence-electron chi connectivity index (χ1n) is 8.82. The molecule has 0 aromatic heterocycles. The summed E-state index contributed by atoms with van der Waals surface area (Å²) in [6.07, 6.45) is 2.58. The first-order valence-corrected chi connectivity index (χ1v) is 8.82. The molecule has 3 rings (SSSR count). The molecule has 2 saturated heterocycles. The van der Waals surface area contributed by atoms with Gasteiger partial charge >= 0.3 is 0 Å². The molecule has 2 atom stereocenters. The summed E-state index contributed by atoms with van der Waals surface area (Å²) in [5.74, 6) is 0.899. The van der Waals surface area contributed by atoms with Gasteiger partial charge in [0, 0.05) is 13.1 Å². The lowest BCUT2D eigenvalue weighted by Crippen LogP contribution is -2.51. The van der Waals surface area contributed by atoms with Gasteiger partial charge in [0.05, 0.1) is 18.8 Å². The largest absolute Gasteiger partial charge is 0.372 e. The van der Waals surface area contributed by atoms with E-state index in [1.54, 1.807) is 0 Å². The second kappa shape index (κ2) is 7.45. The normalized spacial score (nSPS) is 27.1. The van der Waals surface area contributed by atoms with Gasteiger partial charge in [-0.2, -0.15) is 0 Å². The molecular weight excluding hydrogens is 288 g/mol. The summed E-state index contributed by atoms with van der Waals surface area (Å²) in [5, 5.41) is 0. The van der Waals surface area contributed by atoms with Crippen LogP contribution in [0.15, 0.2) is 30.3 Å². The minimum Gasteiger partial charge on any atom is -0.372 e. The van der Waals surface area contributed by atoms with Crippen LogP contribution in [0.3, 0.4) is 0 Å². The molecule has 0 N–H and O–H groups in total. The van der Waals surface area contributed by atoms with Crippen LogP contribution in [0.25, 0.3) is 0 Å². The van der Waals surface area contributed by atoms with E-state index in [2.05, 4.69) is 35.2 Å². The first-order chi connectivity index (χ1) is 11.1. The Morgan fingerprint density at radius 3 is 2.30 bits per heavy atom. The van der Waals surface area contributed by atoms with Gasteiger partial charge in [0.1, 0.15) is 0 Å². The van der Waals surface area contributed by atoms with E-state index in [-0.39, 0.29) is 18.1 Å². The zero-order valence-corrected chi connectivity index (χ0v) is 14.3. The Kier molecular flexibility index (Phi) is 5.34. The predicted molar refractivity (Wildman–Crippen MR) is 91.4 cm³/mol. The lowest BCUT2D eigenvalue weighted by Gasteiger charge is -2.37. The zero-order chi connectivity index (χ0) is 16.2. The van der Waals surface area contributed by atoms with Gasteiger partial charge in [-0.15, -0.1) is 0 Å². The lowest BCUT2D eigenvalue weighted by atomic mass is 9.89. The van der Waals surface area contributed by atoms with E-state index in [1.165, 1.54) is 5.56 Å². The van der Waals surface area contributed by atoms with Crippen molar-refractivity contribution in [3.8, 4) is 0 Å². The molecule has 0 radical (unpaired) electrons. The molecule has 23 heavy (non-hydrogen) atoms. The molecule has 1 aromatic rings. The third-order valence-corrected chi connectivity index (χ3v) is 4.99. The van der Waals surface area contributed by atoms with E-state index >= 15 is 0 Å². The van der Waals surface area contributed by atoms with Crippen molar-refractivity contribution in [2.24, 2.45) is 0 Å². The Hall–Kier alpha value is -1.39. The maximum Gasteiger partial charge on any atom is 0.236 e. The van der Waals surface area contributed by atoms with Crippen LogP contribution in [0.5, 0.6) is 0 Å². The van der Waals surface area contributed by atoms with E-state index < -0.39 is 0 Å². The quantitative estimate of drug-likeness (QED) is 0.859. The van der Waals surface area contributed by atoms with E-state index in [0.717, 1.165) is 39.0 Å². The molecule has 2 aliphatic rings. The average Bonchev–Trinajstić information content (AvgIpc) is 2.55. The number of hydrogen-bond acceptors (Lipinski definition) is 3. The molecule has 0 saturated carbocycles. The molecular formula is C19H28N2O2. The van der Waals surface area contributed by atoms with Crippen molar-refractivity contribution in [1.82, 2.24) is 9.80 Å². The molecule has 2 unspecified atom stereocenters. The van der Waals surface area contributed by atoms with Gasteiger partial charge in [-0.05, 0) is 51.3 Å². The van der Waals surface area contributed by atoms with Crippen LogP contribution in [0, 0.1) is 0 Å². The van der Waals surface area contributed by atoms with Crippen molar-refractivity contribution >= 4 is 5.91 Å². The highest BCUT2D eigenvalue weighted by molar-refractivity contribution is 5.78. The molecule has 0 bridgehead atoms. The third kappa shape index (κ3) is 4.33. The van der Waals surface area contributed by atoms with E-state index in [4.69, 9.17) is 4.74 Å². The molecule has 1 amide bonds. The van der Waals surface area contributed by atoms with Crippen LogP contribution in [0.4, 0.5) is 0 Å². The standard InChI is InChI=1S/C19H28N2O2/c1-15-12-21(13-16(2)23-15)19(22)14-20-10-8-18(9-11-20)17-6-4-3-5-7-17/h3-7,15-16,18H,8-14H2,1-2H3. The molecule has 4 nitrogen and oxygen atoms in total. The number of hydrogen-bond donors (Lipinski definition) is 0. The highest BCUT2D eigenvalue weighted by Gasteiger charge is 2.28. The highest BCUT2D eigenvalue weighted by Crippen LogP contribution is 2.27. The van der Waals surface area contributed by atoms with Crippen LogP contribution >= 0.6 is 0 Å². The number of ether oxygens (including phenoxy) is 1. The molecule has 2 aliphatic heterocycles. The van der Waals surface area contributed by atoms with Crippen molar-refractivity contribution < 1.29 is 9.53 Å². The second-order valence-electron chi connectivity index (χ2n) is 7.02. The Labute approximate surface area is 139 Å². The Balaban J connectivity index is 1.48. The number of morpholine rings is 1. The third-order valence-electron chi connectivity index (χ3n) is 4.99. The van der Waals surface area contributed by atoms with Crippen molar-refractivity contribution in [1.29, 1.82) is 0 Å². The van der Waals surface area contributed by atoms with Crippen LogP contribution in [-0.4, -0.2) is 60.6 Å². The molecule has 126 valence electrons. The molecule has 4 heteroatoms. The SMILES string of the molecule is CC1CN(C(=O)CN2CCC(c3ccccc3)CC2)CC(C)O1. The Morgan fingerprint density at radius 2 is 1.70 bits per heavy atom. The molecule has 0 spiro atoms. The smallest absolute Gasteiger partial charge is 0.236 e. The maximum atomic E-state index is 12.5. The summed E-state index contributed by atoms with van der Waals surface area (Å²) in [4.78, 5) is 16.8. The zero-order valence-electron chi connectivity index (χ0n) is 14.3. The van der Waals surface area contributed by atoms with Gasteiger partial charge < -0.3 is 9.64 Å². The van der Waals surface area contributed by atoms with E-state index in [9.17, 15) is 4.79 Å².